The Morgan fingerprint density at radius 3 is 2.26 bits per heavy atom. The van der Waals surface area contributed by atoms with Crippen LogP contribution >= 0.6 is 0 Å². The predicted molar refractivity (Wildman–Crippen MR) is 104 cm³/mol. The lowest BCUT2D eigenvalue weighted by atomic mass is 10.1. The summed E-state index contributed by atoms with van der Waals surface area (Å²) in [7, 11) is 0. The molecule has 0 aliphatic carbocycles. The van der Waals surface area contributed by atoms with E-state index in [1.54, 1.807) is 4.57 Å². The number of rotatable bonds is 4. The number of benzene rings is 3. The van der Waals surface area contributed by atoms with Gasteiger partial charge in [-0.1, -0.05) is 60.7 Å². The molecule has 1 aromatic heterocycles. The second-order valence-electron chi connectivity index (χ2n) is 6.14. The first-order valence-corrected chi connectivity index (χ1v) is 8.42. The molecule has 6 nitrogen and oxygen atoms in total. The maximum Gasteiger partial charge on any atom is 0.270 e. The second-order valence-corrected chi connectivity index (χ2v) is 6.14. The molecule has 0 radical (unpaired) electrons. The van der Waals surface area contributed by atoms with Crippen LogP contribution in [0.3, 0.4) is 0 Å². The van der Waals surface area contributed by atoms with Gasteiger partial charge in [-0.05, 0) is 11.6 Å². The summed E-state index contributed by atoms with van der Waals surface area (Å²) in [6.07, 6.45) is 0. The van der Waals surface area contributed by atoms with E-state index in [-0.39, 0.29) is 16.6 Å². The van der Waals surface area contributed by atoms with Crippen LogP contribution in [0.2, 0.25) is 0 Å². The maximum atomic E-state index is 13.2. The number of hydrogen-bond acceptors (Lipinski definition) is 4. The SMILES string of the molecule is O=c1c2cc([N+](=O)[O-])ccc2nc(-c2ccccc2)n1Cc1ccccc1. The molecule has 27 heavy (non-hydrogen) atoms. The van der Waals surface area contributed by atoms with Crippen molar-refractivity contribution in [1.29, 1.82) is 0 Å². The number of non-ortho nitro benzene ring substituents is 1. The Balaban J connectivity index is 1.99. The van der Waals surface area contributed by atoms with Crippen LogP contribution in [-0.4, -0.2) is 14.5 Å². The Morgan fingerprint density at radius 2 is 1.59 bits per heavy atom. The summed E-state index contributed by atoms with van der Waals surface area (Å²) >= 11 is 0. The van der Waals surface area contributed by atoms with Gasteiger partial charge in [-0.15, -0.1) is 0 Å². The molecule has 0 saturated carbocycles. The minimum atomic E-state index is -0.508. The van der Waals surface area contributed by atoms with Gasteiger partial charge in [0.1, 0.15) is 5.82 Å². The lowest BCUT2D eigenvalue weighted by molar-refractivity contribution is -0.384. The van der Waals surface area contributed by atoms with Crippen molar-refractivity contribution in [2.75, 3.05) is 0 Å². The van der Waals surface area contributed by atoms with Gasteiger partial charge in [0.15, 0.2) is 0 Å². The van der Waals surface area contributed by atoms with Crippen molar-refractivity contribution >= 4 is 16.6 Å². The molecule has 0 unspecified atom stereocenters. The first-order valence-electron chi connectivity index (χ1n) is 8.42. The van der Waals surface area contributed by atoms with Gasteiger partial charge in [0, 0.05) is 17.7 Å². The monoisotopic (exact) mass is 357 g/mol. The number of fused-ring (bicyclic) bond motifs is 1. The fourth-order valence-corrected chi connectivity index (χ4v) is 3.04. The highest BCUT2D eigenvalue weighted by molar-refractivity contribution is 5.82. The highest BCUT2D eigenvalue weighted by atomic mass is 16.6. The van der Waals surface area contributed by atoms with Crippen LogP contribution in [0.5, 0.6) is 0 Å². The predicted octanol–water partition coefficient (Wildman–Crippen LogP) is 4.02. The average molecular weight is 357 g/mol. The Kier molecular flexibility index (Phi) is 4.22. The molecule has 0 amide bonds. The highest BCUT2D eigenvalue weighted by Crippen LogP contribution is 2.22. The molecular weight excluding hydrogens is 342 g/mol. The number of nitro groups is 1. The van der Waals surface area contributed by atoms with Crippen LogP contribution in [0.15, 0.2) is 83.7 Å². The van der Waals surface area contributed by atoms with Gasteiger partial charge < -0.3 is 0 Å². The molecule has 0 spiro atoms. The minimum absolute atomic E-state index is 0.125. The highest BCUT2D eigenvalue weighted by Gasteiger charge is 2.16. The summed E-state index contributed by atoms with van der Waals surface area (Å²) in [5, 5.41) is 11.3. The van der Waals surface area contributed by atoms with Gasteiger partial charge in [0.05, 0.1) is 22.4 Å². The van der Waals surface area contributed by atoms with E-state index in [1.807, 2.05) is 60.7 Å². The molecule has 0 bridgehead atoms. The quantitative estimate of drug-likeness (QED) is 0.408. The first kappa shape index (κ1) is 16.7. The van der Waals surface area contributed by atoms with Gasteiger partial charge in [-0.25, -0.2) is 4.98 Å². The molecule has 4 rings (SSSR count). The summed E-state index contributed by atoms with van der Waals surface area (Å²) in [6, 6.07) is 23.2. The summed E-state index contributed by atoms with van der Waals surface area (Å²) in [5.74, 6) is 0.533. The van der Waals surface area contributed by atoms with E-state index in [0.717, 1.165) is 11.1 Å². The third kappa shape index (κ3) is 3.20. The molecule has 0 saturated heterocycles. The topological polar surface area (TPSA) is 78.0 Å². The molecule has 1 heterocycles. The smallest absolute Gasteiger partial charge is 0.270 e. The largest absolute Gasteiger partial charge is 0.288 e. The molecule has 4 aromatic rings. The third-order valence-electron chi connectivity index (χ3n) is 4.36. The molecule has 3 aromatic carbocycles. The van der Waals surface area contributed by atoms with Crippen LogP contribution in [0, 0.1) is 10.1 Å². The van der Waals surface area contributed by atoms with Gasteiger partial charge in [-0.3, -0.25) is 19.5 Å². The molecule has 0 fully saturated rings. The van der Waals surface area contributed by atoms with E-state index in [9.17, 15) is 14.9 Å². The zero-order valence-corrected chi connectivity index (χ0v) is 14.3. The van der Waals surface area contributed by atoms with Crippen molar-refractivity contribution in [3.05, 3.63) is 105 Å². The lowest BCUT2D eigenvalue weighted by Gasteiger charge is -2.14. The Hall–Kier alpha value is -3.80. The van der Waals surface area contributed by atoms with Gasteiger partial charge >= 0.3 is 0 Å². The summed E-state index contributed by atoms with van der Waals surface area (Å²) < 4.78 is 1.57. The number of hydrogen-bond donors (Lipinski definition) is 0. The van der Waals surface area contributed by atoms with Gasteiger partial charge in [-0.2, -0.15) is 0 Å². The standard InChI is InChI=1S/C21H15N3O3/c25-21-18-13-17(24(26)27)11-12-19(18)22-20(16-9-5-2-6-10-16)23(21)14-15-7-3-1-4-8-15/h1-13H,14H2. The van der Waals surface area contributed by atoms with E-state index < -0.39 is 4.92 Å². The molecule has 6 heteroatoms. The molecular formula is C21H15N3O3. The zero-order valence-electron chi connectivity index (χ0n) is 14.3. The van der Waals surface area contributed by atoms with Crippen molar-refractivity contribution < 1.29 is 4.92 Å². The van der Waals surface area contributed by atoms with Crippen LogP contribution in [0.25, 0.3) is 22.3 Å². The molecule has 0 N–H and O–H groups in total. The Morgan fingerprint density at radius 1 is 0.926 bits per heavy atom. The van der Waals surface area contributed by atoms with Gasteiger partial charge in [0.25, 0.3) is 11.2 Å². The maximum absolute atomic E-state index is 13.2. The van der Waals surface area contributed by atoms with Crippen molar-refractivity contribution in [1.82, 2.24) is 9.55 Å². The van der Waals surface area contributed by atoms with E-state index in [4.69, 9.17) is 0 Å². The molecule has 0 atom stereocenters. The van der Waals surface area contributed by atoms with Crippen LogP contribution in [0.1, 0.15) is 5.56 Å². The summed E-state index contributed by atoms with van der Waals surface area (Å²) in [5.41, 5.74) is 1.77. The van der Waals surface area contributed by atoms with Crippen LogP contribution in [0.4, 0.5) is 5.69 Å². The van der Waals surface area contributed by atoms with Crippen molar-refractivity contribution in [2.24, 2.45) is 0 Å². The van der Waals surface area contributed by atoms with Crippen molar-refractivity contribution in [2.45, 2.75) is 6.54 Å². The first-order chi connectivity index (χ1) is 13.1. The summed E-state index contributed by atoms with van der Waals surface area (Å²) in [4.78, 5) is 28.4. The van der Waals surface area contributed by atoms with E-state index in [0.29, 0.717) is 17.9 Å². The zero-order chi connectivity index (χ0) is 18.8. The lowest BCUT2D eigenvalue weighted by Crippen LogP contribution is -2.24. The van der Waals surface area contributed by atoms with E-state index >= 15 is 0 Å². The van der Waals surface area contributed by atoms with E-state index in [2.05, 4.69) is 4.98 Å². The molecule has 132 valence electrons. The van der Waals surface area contributed by atoms with Crippen molar-refractivity contribution in [3.63, 3.8) is 0 Å². The fourth-order valence-electron chi connectivity index (χ4n) is 3.04. The average Bonchev–Trinajstić information content (AvgIpc) is 2.71. The van der Waals surface area contributed by atoms with Crippen LogP contribution in [-0.2, 0) is 6.54 Å². The number of aromatic nitrogens is 2. The number of nitrogens with zero attached hydrogens (tertiary/aromatic N) is 3. The Labute approximate surface area is 154 Å². The van der Waals surface area contributed by atoms with Gasteiger partial charge in [0.2, 0.25) is 0 Å². The molecule has 0 aliphatic rings. The Bertz CT molecular complexity index is 1190. The third-order valence-corrected chi connectivity index (χ3v) is 4.36. The van der Waals surface area contributed by atoms with Crippen LogP contribution < -0.4 is 5.56 Å². The second kappa shape index (κ2) is 6.84. The summed E-state index contributed by atoms with van der Waals surface area (Å²) in [6.45, 7) is 0.329. The normalized spacial score (nSPS) is 10.8. The number of nitro benzene ring substituents is 1. The minimum Gasteiger partial charge on any atom is -0.288 e. The fraction of sp³-hybridized carbons (Fsp3) is 0.0476. The molecule has 0 aliphatic heterocycles. The van der Waals surface area contributed by atoms with E-state index in [1.165, 1.54) is 18.2 Å². The van der Waals surface area contributed by atoms with Crippen molar-refractivity contribution in [3.8, 4) is 11.4 Å².